The lowest BCUT2D eigenvalue weighted by Crippen LogP contribution is -2.67. The van der Waals surface area contributed by atoms with Crippen LogP contribution in [-0.4, -0.2) is 26.9 Å². The van der Waals surface area contributed by atoms with Crippen molar-refractivity contribution in [1.82, 2.24) is 0 Å². The molecule has 0 aliphatic carbocycles. The molecule has 154 valence electrons. The van der Waals surface area contributed by atoms with Crippen molar-refractivity contribution in [3.63, 3.8) is 0 Å². The van der Waals surface area contributed by atoms with E-state index in [1.165, 1.54) is 6.08 Å². The number of unbranched alkanes of at least 4 members (excludes halogenated alkanes) is 1. The maximum atomic E-state index is 12.8. The molecule has 0 aromatic heterocycles. The molecule has 0 atom stereocenters. The van der Waals surface area contributed by atoms with E-state index in [0.29, 0.717) is 6.61 Å². The average molecular weight is 411 g/mol. The smallest absolute Gasteiger partial charge is 0.331 e. The molecule has 0 heterocycles. The maximum absolute atomic E-state index is 12.8. The van der Waals surface area contributed by atoms with Crippen LogP contribution >= 0.6 is 0 Å². The Labute approximate surface area is 174 Å². The number of ether oxygens (including phenoxy) is 1. The number of hydrogen-bond donors (Lipinski definition) is 0. The Morgan fingerprint density at radius 1 is 0.862 bits per heavy atom. The summed E-state index contributed by atoms with van der Waals surface area (Å²) in [5, 5.41) is 1.69. The van der Waals surface area contributed by atoms with Crippen LogP contribution in [0.15, 0.2) is 72.8 Å². The first kappa shape index (κ1) is 22.6. The summed E-state index contributed by atoms with van der Waals surface area (Å²) >= 11 is 0. The number of rotatable bonds is 8. The van der Waals surface area contributed by atoms with Crippen molar-refractivity contribution in [2.75, 3.05) is 6.61 Å². The van der Waals surface area contributed by atoms with Crippen LogP contribution in [0.25, 0.3) is 0 Å². The van der Waals surface area contributed by atoms with Gasteiger partial charge in [0, 0.05) is 12.2 Å². The molecule has 0 aliphatic rings. The highest BCUT2D eigenvalue weighted by molar-refractivity contribution is 7.00. The fourth-order valence-electron chi connectivity index (χ4n) is 3.34. The van der Waals surface area contributed by atoms with Gasteiger partial charge in [0.1, 0.15) is 0 Å². The molecule has 0 fully saturated rings. The lowest BCUT2D eigenvalue weighted by molar-refractivity contribution is -0.138. The van der Waals surface area contributed by atoms with E-state index in [1.807, 2.05) is 67.6 Å². The van der Waals surface area contributed by atoms with Gasteiger partial charge < -0.3 is 9.16 Å². The van der Waals surface area contributed by atoms with Gasteiger partial charge in [0.15, 0.2) is 0 Å². The third kappa shape index (κ3) is 5.67. The molecule has 4 nitrogen and oxygen atoms in total. The number of benzene rings is 2. The predicted molar refractivity (Wildman–Crippen MR) is 119 cm³/mol. The summed E-state index contributed by atoms with van der Waals surface area (Å²) in [6, 6.07) is 19.8. The molecular formula is C24H30O4Si. The monoisotopic (exact) mass is 410 g/mol. The molecule has 0 saturated carbocycles. The standard InChI is InChI=1S/C24H30O4Si/c1-5-6-19-27-22(25)17-18-23(26)28-29(24(2,3)4,20-13-9-7-10-14-20)21-15-11-8-12-16-21/h7-18H,5-6,19H2,1-4H3/b18-17+. The highest BCUT2D eigenvalue weighted by atomic mass is 28.4. The van der Waals surface area contributed by atoms with Crippen molar-refractivity contribution < 1.29 is 18.8 Å². The second-order valence-electron chi connectivity index (χ2n) is 7.94. The van der Waals surface area contributed by atoms with E-state index < -0.39 is 20.3 Å². The molecule has 5 heteroatoms. The largest absolute Gasteiger partial charge is 0.506 e. The SMILES string of the molecule is CCCCOC(=O)/C=C/C(=O)O[Si](c1ccccc1)(c1ccccc1)C(C)(C)C. The van der Waals surface area contributed by atoms with Gasteiger partial charge in [-0.2, -0.15) is 0 Å². The van der Waals surface area contributed by atoms with E-state index in [-0.39, 0.29) is 5.04 Å². The molecule has 2 aromatic rings. The second-order valence-corrected chi connectivity index (χ2v) is 12.2. The Morgan fingerprint density at radius 2 is 1.34 bits per heavy atom. The lowest BCUT2D eigenvalue weighted by atomic mass is 10.2. The first-order valence-corrected chi connectivity index (χ1v) is 11.9. The van der Waals surface area contributed by atoms with Crippen LogP contribution in [0, 0.1) is 0 Å². The Hall–Kier alpha value is -2.66. The Morgan fingerprint density at radius 3 is 1.79 bits per heavy atom. The van der Waals surface area contributed by atoms with Gasteiger partial charge in [-0.15, -0.1) is 0 Å². The van der Waals surface area contributed by atoms with Crippen LogP contribution in [0.5, 0.6) is 0 Å². The summed E-state index contributed by atoms with van der Waals surface area (Å²) in [5.41, 5.74) is 0. The molecule has 2 rings (SSSR count). The first-order chi connectivity index (χ1) is 13.8. The van der Waals surface area contributed by atoms with Crippen LogP contribution in [0.2, 0.25) is 5.04 Å². The van der Waals surface area contributed by atoms with Crippen molar-refractivity contribution in [2.45, 2.75) is 45.6 Å². The van der Waals surface area contributed by atoms with E-state index in [2.05, 4.69) is 20.8 Å². The van der Waals surface area contributed by atoms with E-state index >= 15 is 0 Å². The predicted octanol–water partition coefficient (Wildman–Crippen LogP) is 3.99. The fourth-order valence-corrected chi connectivity index (χ4v) is 7.64. The van der Waals surface area contributed by atoms with Crippen LogP contribution in [0.1, 0.15) is 40.5 Å². The Kier molecular flexibility index (Phi) is 7.97. The summed E-state index contributed by atoms with van der Waals surface area (Å²) in [5.74, 6) is -1.07. The maximum Gasteiger partial charge on any atom is 0.331 e. The van der Waals surface area contributed by atoms with Gasteiger partial charge in [0.05, 0.1) is 6.61 Å². The van der Waals surface area contributed by atoms with Crippen LogP contribution < -0.4 is 10.4 Å². The highest BCUT2D eigenvalue weighted by Crippen LogP contribution is 2.36. The van der Waals surface area contributed by atoms with Crippen LogP contribution in [-0.2, 0) is 18.8 Å². The topological polar surface area (TPSA) is 52.6 Å². The fraction of sp³-hybridized carbons (Fsp3) is 0.333. The van der Waals surface area contributed by atoms with Crippen molar-refractivity contribution in [3.8, 4) is 0 Å². The van der Waals surface area contributed by atoms with E-state index in [1.54, 1.807) is 0 Å². The van der Waals surface area contributed by atoms with Crippen molar-refractivity contribution in [1.29, 1.82) is 0 Å². The molecule has 0 saturated heterocycles. The molecule has 0 amide bonds. The third-order valence-electron chi connectivity index (χ3n) is 4.77. The quantitative estimate of drug-likeness (QED) is 0.286. The molecular weight excluding hydrogens is 380 g/mol. The molecule has 0 N–H and O–H groups in total. The molecule has 2 aromatic carbocycles. The molecule has 0 aliphatic heterocycles. The Balaban J connectivity index is 2.39. The van der Waals surface area contributed by atoms with Crippen molar-refractivity contribution >= 4 is 30.6 Å². The minimum Gasteiger partial charge on any atom is -0.506 e. The summed E-state index contributed by atoms with van der Waals surface area (Å²) in [7, 11) is -2.97. The summed E-state index contributed by atoms with van der Waals surface area (Å²) in [6.07, 6.45) is 4.06. The van der Waals surface area contributed by atoms with E-state index in [4.69, 9.17) is 9.16 Å². The minimum absolute atomic E-state index is 0.319. The number of carbonyl (C=O) groups is 2. The van der Waals surface area contributed by atoms with Gasteiger partial charge in [-0.3, -0.25) is 0 Å². The lowest BCUT2D eigenvalue weighted by Gasteiger charge is -2.41. The van der Waals surface area contributed by atoms with Crippen LogP contribution in [0.4, 0.5) is 0 Å². The van der Waals surface area contributed by atoms with Gasteiger partial charge in [0.2, 0.25) is 0 Å². The number of carbonyl (C=O) groups excluding carboxylic acids is 2. The third-order valence-corrected chi connectivity index (χ3v) is 9.68. The van der Waals surface area contributed by atoms with E-state index in [0.717, 1.165) is 29.3 Å². The van der Waals surface area contributed by atoms with E-state index in [9.17, 15) is 9.59 Å². The normalized spacial score (nSPS) is 12.0. The molecule has 0 unspecified atom stereocenters. The molecule has 0 spiro atoms. The first-order valence-electron chi connectivity index (χ1n) is 10.00. The zero-order valence-electron chi connectivity index (χ0n) is 17.7. The summed E-state index contributed by atoms with van der Waals surface area (Å²) < 4.78 is 11.3. The van der Waals surface area contributed by atoms with Gasteiger partial charge in [-0.05, 0) is 21.8 Å². The number of hydrogen-bond acceptors (Lipinski definition) is 4. The summed E-state index contributed by atoms with van der Waals surface area (Å²) in [4.78, 5) is 24.6. The van der Waals surface area contributed by atoms with Gasteiger partial charge in [0.25, 0.3) is 0 Å². The zero-order chi connectivity index (χ0) is 21.3. The van der Waals surface area contributed by atoms with Gasteiger partial charge in [-0.1, -0.05) is 94.8 Å². The molecule has 0 radical (unpaired) electrons. The van der Waals surface area contributed by atoms with Gasteiger partial charge in [-0.25, -0.2) is 9.59 Å². The molecule has 0 bridgehead atoms. The average Bonchev–Trinajstić information content (AvgIpc) is 2.71. The number of esters is 1. The minimum atomic E-state index is -2.97. The second kappa shape index (κ2) is 10.2. The van der Waals surface area contributed by atoms with Crippen molar-refractivity contribution in [2.24, 2.45) is 0 Å². The highest BCUT2D eigenvalue weighted by Gasteiger charge is 2.52. The van der Waals surface area contributed by atoms with Crippen molar-refractivity contribution in [3.05, 3.63) is 72.8 Å². The van der Waals surface area contributed by atoms with Crippen LogP contribution in [0.3, 0.4) is 0 Å². The summed E-state index contributed by atoms with van der Waals surface area (Å²) in [6.45, 7) is 8.65. The van der Waals surface area contributed by atoms with Gasteiger partial charge >= 0.3 is 20.3 Å². The Bertz CT molecular complexity index is 783. The zero-order valence-corrected chi connectivity index (χ0v) is 18.7. The molecule has 29 heavy (non-hydrogen) atoms.